The normalized spacial score (nSPS) is 18.7. The summed E-state index contributed by atoms with van der Waals surface area (Å²) in [5.41, 5.74) is 1.99. The highest BCUT2D eigenvalue weighted by molar-refractivity contribution is 7.91. The lowest BCUT2D eigenvalue weighted by molar-refractivity contribution is 0.476. The average Bonchev–Trinajstić information content (AvgIpc) is 3.01. The van der Waals surface area contributed by atoms with Crippen molar-refractivity contribution < 1.29 is 17.5 Å². The van der Waals surface area contributed by atoms with Crippen LogP contribution in [0.1, 0.15) is 17.5 Å². The molecular weight excluding hydrogens is 381 g/mol. The summed E-state index contributed by atoms with van der Waals surface area (Å²) in [6.07, 6.45) is 0.595. The van der Waals surface area contributed by atoms with Gasteiger partial charge >= 0.3 is 0 Å². The van der Waals surface area contributed by atoms with E-state index in [0.717, 1.165) is 11.1 Å². The molecular formula is C20H24FN3O3S. The van der Waals surface area contributed by atoms with E-state index < -0.39 is 9.84 Å². The maximum atomic E-state index is 13.0. The maximum Gasteiger partial charge on any atom is 0.191 e. The molecule has 0 bridgehead atoms. The number of hydrogen-bond donors (Lipinski definition) is 2. The fourth-order valence-electron chi connectivity index (χ4n) is 3.05. The minimum Gasteiger partial charge on any atom is -0.457 e. The predicted molar refractivity (Wildman–Crippen MR) is 108 cm³/mol. The van der Waals surface area contributed by atoms with Gasteiger partial charge in [0.15, 0.2) is 15.8 Å². The van der Waals surface area contributed by atoms with Gasteiger partial charge in [0.2, 0.25) is 0 Å². The highest BCUT2D eigenvalue weighted by atomic mass is 32.2. The van der Waals surface area contributed by atoms with Crippen LogP contribution in [0.3, 0.4) is 0 Å². The molecule has 1 unspecified atom stereocenters. The number of aryl methyl sites for hydroxylation is 1. The van der Waals surface area contributed by atoms with Crippen LogP contribution in [-0.2, 0) is 16.4 Å². The number of benzene rings is 2. The third kappa shape index (κ3) is 5.45. The van der Waals surface area contributed by atoms with E-state index in [2.05, 4.69) is 15.6 Å². The fourth-order valence-corrected chi connectivity index (χ4v) is 4.72. The first-order valence-electron chi connectivity index (χ1n) is 9.05. The molecule has 0 spiro atoms. The largest absolute Gasteiger partial charge is 0.457 e. The SMILES string of the molecule is CN=C(NCc1ccc(Oc2ccc(F)cc2)c(C)c1)NC1CCS(=O)(=O)C1. The van der Waals surface area contributed by atoms with Gasteiger partial charge in [0.05, 0.1) is 11.5 Å². The van der Waals surface area contributed by atoms with E-state index in [1.165, 1.54) is 12.1 Å². The van der Waals surface area contributed by atoms with E-state index in [1.807, 2.05) is 25.1 Å². The van der Waals surface area contributed by atoms with Crippen LogP contribution in [0.15, 0.2) is 47.5 Å². The van der Waals surface area contributed by atoms with Gasteiger partial charge in [-0.05, 0) is 54.8 Å². The average molecular weight is 405 g/mol. The molecule has 1 aliphatic heterocycles. The number of halogens is 1. The van der Waals surface area contributed by atoms with Gasteiger partial charge in [-0.15, -0.1) is 0 Å². The second-order valence-electron chi connectivity index (χ2n) is 6.83. The van der Waals surface area contributed by atoms with Crippen molar-refractivity contribution in [1.82, 2.24) is 10.6 Å². The topological polar surface area (TPSA) is 79.8 Å². The molecule has 150 valence electrons. The van der Waals surface area contributed by atoms with E-state index >= 15 is 0 Å². The summed E-state index contributed by atoms with van der Waals surface area (Å²) in [5.74, 6) is 1.91. The zero-order chi connectivity index (χ0) is 20.1. The lowest BCUT2D eigenvalue weighted by Gasteiger charge is -2.16. The molecule has 0 radical (unpaired) electrons. The molecule has 2 aromatic rings. The molecule has 6 nitrogen and oxygen atoms in total. The Morgan fingerprint density at radius 3 is 2.61 bits per heavy atom. The second kappa shape index (κ2) is 8.60. The second-order valence-corrected chi connectivity index (χ2v) is 9.05. The standard InChI is InChI=1S/C20H24FN3O3S/c1-14-11-15(3-8-19(14)27-18-6-4-16(21)5-7-18)12-23-20(22-2)24-17-9-10-28(25,26)13-17/h3-8,11,17H,9-10,12-13H2,1-2H3,(H2,22,23,24). The van der Waals surface area contributed by atoms with Crippen LogP contribution in [-0.4, -0.2) is 39.0 Å². The quantitative estimate of drug-likeness (QED) is 0.591. The van der Waals surface area contributed by atoms with Crippen molar-refractivity contribution in [1.29, 1.82) is 0 Å². The molecule has 1 atom stereocenters. The van der Waals surface area contributed by atoms with E-state index in [9.17, 15) is 12.8 Å². The van der Waals surface area contributed by atoms with E-state index in [1.54, 1.807) is 19.2 Å². The highest BCUT2D eigenvalue weighted by Crippen LogP contribution is 2.26. The Balaban J connectivity index is 1.57. The van der Waals surface area contributed by atoms with Crippen molar-refractivity contribution in [2.24, 2.45) is 4.99 Å². The zero-order valence-electron chi connectivity index (χ0n) is 15.9. The maximum absolute atomic E-state index is 13.0. The van der Waals surface area contributed by atoms with Gasteiger partial charge in [-0.2, -0.15) is 0 Å². The van der Waals surface area contributed by atoms with Crippen LogP contribution < -0.4 is 15.4 Å². The van der Waals surface area contributed by atoms with Crippen molar-refractivity contribution in [2.45, 2.75) is 25.9 Å². The van der Waals surface area contributed by atoms with Gasteiger partial charge in [-0.1, -0.05) is 12.1 Å². The first kappa shape index (κ1) is 20.1. The Hall–Kier alpha value is -2.61. The fraction of sp³-hybridized carbons (Fsp3) is 0.350. The number of guanidine groups is 1. The van der Waals surface area contributed by atoms with E-state index in [-0.39, 0.29) is 23.4 Å². The number of ether oxygens (including phenoxy) is 1. The van der Waals surface area contributed by atoms with Crippen LogP contribution in [0.2, 0.25) is 0 Å². The zero-order valence-corrected chi connectivity index (χ0v) is 16.7. The third-order valence-corrected chi connectivity index (χ3v) is 6.31. The summed E-state index contributed by atoms with van der Waals surface area (Å²) in [7, 11) is -1.28. The summed E-state index contributed by atoms with van der Waals surface area (Å²) in [5, 5.41) is 6.36. The van der Waals surface area contributed by atoms with Gasteiger partial charge in [-0.3, -0.25) is 4.99 Å². The molecule has 0 aliphatic carbocycles. The minimum atomic E-state index is -2.94. The first-order valence-corrected chi connectivity index (χ1v) is 10.9. The first-order chi connectivity index (χ1) is 13.3. The Morgan fingerprint density at radius 1 is 1.25 bits per heavy atom. The number of rotatable bonds is 5. The summed E-state index contributed by atoms with van der Waals surface area (Å²) in [6.45, 7) is 2.48. The molecule has 3 rings (SSSR count). The van der Waals surface area contributed by atoms with Crippen molar-refractivity contribution in [3.63, 3.8) is 0 Å². The Bertz CT molecular complexity index is 959. The number of hydrogen-bond acceptors (Lipinski definition) is 4. The monoisotopic (exact) mass is 405 g/mol. The Kier molecular flexibility index (Phi) is 6.18. The Labute approximate surface area is 164 Å². The van der Waals surface area contributed by atoms with Crippen molar-refractivity contribution in [2.75, 3.05) is 18.6 Å². The van der Waals surface area contributed by atoms with Gasteiger partial charge < -0.3 is 15.4 Å². The van der Waals surface area contributed by atoms with Crippen molar-refractivity contribution in [3.05, 3.63) is 59.4 Å². The van der Waals surface area contributed by atoms with E-state index in [0.29, 0.717) is 30.4 Å². The van der Waals surface area contributed by atoms with Crippen LogP contribution >= 0.6 is 0 Å². The highest BCUT2D eigenvalue weighted by Gasteiger charge is 2.28. The molecule has 1 heterocycles. The van der Waals surface area contributed by atoms with Crippen molar-refractivity contribution in [3.8, 4) is 11.5 Å². The molecule has 0 aromatic heterocycles. The van der Waals surface area contributed by atoms with Crippen LogP contribution in [0.25, 0.3) is 0 Å². The summed E-state index contributed by atoms with van der Waals surface area (Å²) < 4.78 is 41.9. The molecule has 1 aliphatic rings. The minimum absolute atomic E-state index is 0.107. The van der Waals surface area contributed by atoms with Gasteiger partial charge in [0.1, 0.15) is 17.3 Å². The molecule has 0 amide bonds. The lowest BCUT2D eigenvalue weighted by Crippen LogP contribution is -2.43. The Morgan fingerprint density at radius 2 is 2.00 bits per heavy atom. The summed E-state index contributed by atoms with van der Waals surface area (Å²) in [4.78, 5) is 4.16. The molecule has 8 heteroatoms. The predicted octanol–water partition coefficient (Wildman–Crippen LogP) is 2.78. The molecule has 0 saturated carbocycles. The van der Waals surface area contributed by atoms with Gasteiger partial charge in [0.25, 0.3) is 0 Å². The third-order valence-electron chi connectivity index (χ3n) is 4.54. The summed E-state index contributed by atoms with van der Waals surface area (Å²) in [6, 6.07) is 11.6. The smallest absolute Gasteiger partial charge is 0.191 e. The van der Waals surface area contributed by atoms with Gasteiger partial charge in [-0.25, -0.2) is 12.8 Å². The number of sulfone groups is 1. The molecule has 28 heavy (non-hydrogen) atoms. The number of aliphatic imine (C=N–C) groups is 1. The molecule has 1 fully saturated rings. The molecule has 2 aromatic carbocycles. The summed E-state index contributed by atoms with van der Waals surface area (Å²) >= 11 is 0. The molecule has 2 N–H and O–H groups in total. The van der Waals surface area contributed by atoms with Crippen LogP contribution in [0, 0.1) is 12.7 Å². The van der Waals surface area contributed by atoms with Crippen LogP contribution in [0.5, 0.6) is 11.5 Å². The molecule has 1 saturated heterocycles. The van der Waals surface area contributed by atoms with Crippen molar-refractivity contribution >= 4 is 15.8 Å². The number of nitrogens with one attached hydrogen (secondary N) is 2. The van der Waals surface area contributed by atoms with Gasteiger partial charge in [0, 0.05) is 19.6 Å². The lowest BCUT2D eigenvalue weighted by atomic mass is 10.1. The van der Waals surface area contributed by atoms with Crippen LogP contribution in [0.4, 0.5) is 4.39 Å². The number of nitrogens with zero attached hydrogens (tertiary/aromatic N) is 1. The van der Waals surface area contributed by atoms with E-state index in [4.69, 9.17) is 4.74 Å².